The quantitative estimate of drug-likeness (QED) is 0.816. The minimum absolute atomic E-state index is 0.0216. The minimum Gasteiger partial charge on any atom is -0.382 e. The topological polar surface area (TPSA) is 145 Å². The van der Waals surface area contributed by atoms with Gasteiger partial charge in [-0.3, -0.25) is 4.68 Å². The van der Waals surface area contributed by atoms with Crippen LogP contribution < -0.4 is 5.73 Å². The average Bonchev–Trinajstić information content (AvgIpc) is 2.98. The van der Waals surface area contributed by atoms with E-state index >= 15 is 0 Å². The number of nitrogen functional groups attached to an aromatic ring is 1. The van der Waals surface area contributed by atoms with Crippen LogP contribution in [0.3, 0.4) is 0 Å². The number of nitriles is 2. The molecular weight excluding hydrogens is 282 g/mol. The highest BCUT2D eigenvalue weighted by atomic mass is 15.3. The summed E-state index contributed by atoms with van der Waals surface area (Å²) in [5.74, 6) is 0.442. The van der Waals surface area contributed by atoms with Gasteiger partial charge < -0.3 is 10.7 Å². The number of nitrogens with one attached hydrogen (secondary N) is 1. The third-order valence-electron chi connectivity index (χ3n) is 2.93. The zero-order chi connectivity index (χ0) is 16.5. The van der Waals surface area contributed by atoms with E-state index in [1.807, 2.05) is 32.9 Å². The Morgan fingerprint density at radius 2 is 1.91 bits per heavy atom. The summed E-state index contributed by atoms with van der Waals surface area (Å²) in [6.45, 7) is 5.97. The molecule has 9 heteroatoms. The van der Waals surface area contributed by atoms with Crippen molar-refractivity contribution in [2.24, 2.45) is 17.3 Å². The van der Waals surface area contributed by atoms with E-state index in [-0.39, 0.29) is 22.8 Å². The van der Waals surface area contributed by atoms with Crippen LogP contribution in [0.2, 0.25) is 0 Å². The molecule has 2 heterocycles. The van der Waals surface area contributed by atoms with Gasteiger partial charge in [0.15, 0.2) is 17.1 Å². The van der Waals surface area contributed by atoms with E-state index in [2.05, 4.69) is 25.3 Å². The third-order valence-corrected chi connectivity index (χ3v) is 2.93. The molecule has 2 rings (SSSR count). The third kappa shape index (κ3) is 2.65. The molecule has 0 radical (unpaired) electrons. The van der Waals surface area contributed by atoms with Gasteiger partial charge in [-0.1, -0.05) is 20.8 Å². The van der Waals surface area contributed by atoms with Crippen molar-refractivity contribution < 1.29 is 0 Å². The highest BCUT2D eigenvalue weighted by molar-refractivity contribution is 5.63. The number of anilines is 1. The summed E-state index contributed by atoms with van der Waals surface area (Å²) in [5.41, 5.74) is 6.87. The number of aryl methyl sites for hydroxylation is 1. The molecule has 0 atom stereocenters. The van der Waals surface area contributed by atoms with Crippen molar-refractivity contribution in [2.45, 2.75) is 26.2 Å². The van der Waals surface area contributed by atoms with Crippen LogP contribution in [0.25, 0.3) is 0 Å². The molecule has 0 bridgehead atoms. The van der Waals surface area contributed by atoms with Crippen molar-refractivity contribution in [3.8, 4) is 12.1 Å². The van der Waals surface area contributed by atoms with Crippen LogP contribution in [0.5, 0.6) is 0 Å². The first kappa shape index (κ1) is 15.2. The molecule has 9 nitrogen and oxygen atoms in total. The molecule has 0 saturated carbocycles. The molecule has 112 valence electrons. The fourth-order valence-electron chi connectivity index (χ4n) is 1.80. The van der Waals surface area contributed by atoms with Crippen molar-refractivity contribution in [2.75, 3.05) is 5.73 Å². The van der Waals surface area contributed by atoms with Gasteiger partial charge in [-0.05, 0) is 0 Å². The molecule has 0 unspecified atom stereocenters. The lowest BCUT2D eigenvalue weighted by molar-refractivity contribution is 0.554. The number of hydrogen-bond donors (Lipinski definition) is 2. The Kier molecular flexibility index (Phi) is 3.66. The summed E-state index contributed by atoms with van der Waals surface area (Å²) in [4.78, 5) is 6.49. The van der Waals surface area contributed by atoms with E-state index in [1.165, 1.54) is 4.68 Å². The number of aromatic nitrogens is 4. The smallest absolute Gasteiger partial charge is 0.249 e. The first-order valence-corrected chi connectivity index (χ1v) is 6.42. The van der Waals surface area contributed by atoms with E-state index in [1.54, 1.807) is 7.05 Å². The second kappa shape index (κ2) is 5.30. The average molecular weight is 297 g/mol. The van der Waals surface area contributed by atoms with E-state index in [0.29, 0.717) is 17.2 Å². The Labute approximate surface area is 127 Å². The number of imidazole rings is 1. The van der Waals surface area contributed by atoms with Crippen molar-refractivity contribution in [3.05, 3.63) is 17.1 Å². The Morgan fingerprint density at radius 1 is 1.23 bits per heavy atom. The molecular formula is C13H15N9. The number of rotatable bonds is 2. The molecule has 0 spiro atoms. The van der Waals surface area contributed by atoms with Gasteiger partial charge >= 0.3 is 0 Å². The molecule has 2 aromatic rings. The second-order valence-electron chi connectivity index (χ2n) is 5.66. The van der Waals surface area contributed by atoms with Gasteiger partial charge in [0.05, 0.1) is 5.69 Å². The van der Waals surface area contributed by atoms with Gasteiger partial charge in [-0.25, -0.2) is 0 Å². The van der Waals surface area contributed by atoms with Crippen molar-refractivity contribution in [3.63, 3.8) is 0 Å². The molecule has 0 aromatic carbocycles. The molecule has 0 fully saturated rings. The summed E-state index contributed by atoms with van der Waals surface area (Å²) in [6, 6.07) is 3.64. The summed E-state index contributed by atoms with van der Waals surface area (Å²) in [5, 5.41) is 30.1. The molecule has 3 N–H and O–H groups in total. The van der Waals surface area contributed by atoms with Gasteiger partial charge in [0.1, 0.15) is 18.0 Å². The van der Waals surface area contributed by atoms with E-state index in [4.69, 9.17) is 16.3 Å². The van der Waals surface area contributed by atoms with Crippen molar-refractivity contribution >= 4 is 17.5 Å². The van der Waals surface area contributed by atoms with Crippen LogP contribution in [0.4, 0.5) is 17.5 Å². The van der Waals surface area contributed by atoms with Gasteiger partial charge in [-0.2, -0.15) is 20.6 Å². The molecule has 0 saturated heterocycles. The lowest BCUT2D eigenvalue weighted by Gasteiger charge is -2.15. The normalized spacial score (nSPS) is 11.5. The predicted molar refractivity (Wildman–Crippen MR) is 78.5 cm³/mol. The fraction of sp³-hybridized carbons (Fsp3) is 0.385. The van der Waals surface area contributed by atoms with Crippen LogP contribution in [0, 0.1) is 22.7 Å². The fourth-order valence-corrected chi connectivity index (χ4v) is 1.80. The highest BCUT2D eigenvalue weighted by Crippen LogP contribution is 2.35. The molecule has 0 aliphatic heterocycles. The number of azo groups is 1. The maximum Gasteiger partial charge on any atom is 0.249 e. The van der Waals surface area contributed by atoms with E-state index < -0.39 is 0 Å². The molecule has 2 aromatic heterocycles. The molecule has 0 aliphatic rings. The Balaban J connectivity index is 2.46. The van der Waals surface area contributed by atoms with Crippen LogP contribution in [-0.4, -0.2) is 19.7 Å². The van der Waals surface area contributed by atoms with Crippen LogP contribution >= 0.6 is 0 Å². The monoisotopic (exact) mass is 297 g/mol. The van der Waals surface area contributed by atoms with Gasteiger partial charge in [0.2, 0.25) is 5.95 Å². The number of aromatic amines is 1. The maximum atomic E-state index is 8.87. The zero-order valence-corrected chi connectivity index (χ0v) is 12.7. The number of hydrogen-bond acceptors (Lipinski definition) is 7. The SMILES string of the molecule is Cn1nc(C(C)(C)C)c(N=Nc2nc(C#N)c(C#N)[nH]2)c1N. The lowest BCUT2D eigenvalue weighted by atomic mass is 9.91. The molecule has 0 aliphatic carbocycles. The maximum absolute atomic E-state index is 8.87. The van der Waals surface area contributed by atoms with Crippen LogP contribution in [0.1, 0.15) is 37.9 Å². The highest BCUT2D eigenvalue weighted by Gasteiger charge is 2.25. The molecule has 0 amide bonds. The summed E-state index contributed by atoms with van der Waals surface area (Å²) in [7, 11) is 1.72. The van der Waals surface area contributed by atoms with Crippen molar-refractivity contribution in [1.29, 1.82) is 10.5 Å². The first-order chi connectivity index (χ1) is 10.3. The van der Waals surface area contributed by atoms with Crippen LogP contribution in [0.15, 0.2) is 10.2 Å². The number of H-pyrrole nitrogens is 1. The van der Waals surface area contributed by atoms with E-state index in [0.717, 1.165) is 0 Å². The van der Waals surface area contributed by atoms with Gasteiger partial charge in [-0.15, -0.1) is 10.2 Å². The Morgan fingerprint density at radius 3 is 2.41 bits per heavy atom. The summed E-state index contributed by atoms with van der Waals surface area (Å²) < 4.78 is 1.53. The van der Waals surface area contributed by atoms with Crippen molar-refractivity contribution in [1.82, 2.24) is 19.7 Å². The van der Waals surface area contributed by atoms with Gasteiger partial charge in [0, 0.05) is 12.5 Å². The predicted octanol–water partition coefficient (Wildman–Crippen LogP) is 2.18. The van der Waals surface area contributed by atoms with Crippen LogP contribution in [-0.2, 0) is 12.5 Å². The Hall–Kier alpha value is -3.20. The first-order valence-electron chi connectivity index (χ1n) is 6.42. The zero-order valence-electron chi connectivity index (χ0n) is 12.7. The Bertz CT molecular complexity index is 786. The molecule has 22 heavy (non-hydrogen) atoms. The van der Waals surface area contributed by atoms with E-state index in [9.17, 15) is 0 Å². The van der Waals surface area contributed by atoms with Gasteiger partial charge in [0.25, 0.3) is 0 Å². The summed E-state index contributed by atoms with van der Waals surface area (Å²) >= 11 is 0. The lowest BCUT2D eigenvalue weighted by Crippen LogP contribution is -2.12. The summed E-state index contributed by atoms with van der Waals surface area (Å²) in [6.07, 6.45) is 0. The minimum atomic E-state index is -0.261. The largest absolute Gasteiger partial charge is 0.382 e. The standard InChI is InChI=1S/C13H15N9/c1-13(2,3)10-9(11(16)22(4)21-10)19-20-12-17-7(5-14)8(6-15)18-12/h16H2,1-4H3,(H,17,18). The second-order valence-corrected chi connectivity index (χ2v) is 5.66. The number of nitrogens with two attached hydrogens (primary N) is 1. The number of nitrogens with zero attached hydrogens (tertiary/aromatic N) is 7.